The molecule has 1 aromatic heterocycles. The van der Waals surface area contributed by atoms with E-state index in [2.05, 4.69) is 44.5 Å². The monoisotopic (exact) mass is 428 g/mol. The minimum atomic E-state index is 0.234. The molecule has 7 nitrogen and oxygen atoms in total. The van der Waals surface area contributed by atoms with Crippen LogP contribution in [-0.2, 0) is 11.3 Å². The van der Waals surface area contributed by atoms with E-state index >= 15 is 0 Å². The molecule has 1 aromatic rings. The zero-order chi connectivity index (χ0) is 21.4. The third-order valence-electron chi connectivity index (χ3n) is 7.05. The zero-order valence-electron chi connectivity index (χ0n) is 19.2. The summed E-state index contributed by atoms with van der Waals surface area (Å²) in [6, 6.07) is 4.29. The molecule has 0 unspecified atom stereocenters. The first-order valence-electron chi connectivity index (χ1n) is 12.3. The number of morpholine rings is 1. The Labute approximate surface area is 187 Å². The Morgan fingerprint density at radius 1 is 1.06 bits per heavy atom. The van der Waals surface area contributed by atoms with Gasteiger partial charge in [0, 0.05) is 51.0 Å². The second-order valence-corrected chi connectivity index (χ2v) is 9.15. The average molecular weight is 429 g/mol. The number of aliphatic imine (C=N–C) groups is 1. The van der Waals surface area contributed by atoms with Gasteiger partial charge in [0.05, 0.1) is 19.8 Å². The Bertz CT molecular complexity index is 706. The van der Waals surface area contributed by atoms with Gasteiger partial charge in [-0.25, -0.2) is 9.98 Å². The van der Waals surface area contributed by atoms with Gasteiger partial charge in [0.2, 0.25) is 0 Å². The summed E-state index contributed by atoms with van der Waals surface area (Å²) in [6.07, 6.45) is 11.0. The van der Waals surface area contributed by atoms with Crippen LogP contribution < -0.4 is 15.5 Å². The lowest BCUT2D eigenvalue weighted by Gasteiger charge is -2.48. The van der Waals surface area contributed by atoms with Crippen LogP contribution in [-0.4, -0.2) is 73.9 Å². The molecular formula is C24H40N6O. The third-order valence-corrected chi connectivity index (χ3v) is 7.05. The molecule has 0 amide bonds. The summed E-state index contributed by atoms with van der Waals surface area (Å²) in [5.41, 5.74) is 1.45. The fraction of sp³-hybridized carbons (Fsp3) is 0.750. The van der Waals surface area contributed by atoms with Crippen LogP contribution in [0.15, 0.2) is 23.3 Å². The number of aromatic nitrogens is 1. The summed E-state index contributed by atoms with van der Waals surface area (Å²) in [5, 5.41) is 7.15. The quantitative estimate of drug-likeness (QED) is 0.514. The predicted molar refractivity (Wildman–Crippen MR) is 127 cm³/mol. The van der Waals surface area contributed by atoms with Crippen LogP contribution in [0.2, 0.25) is 0 Å². The van der Waals surface area contributed by atoms with Crippen LogP contribution in [0.1, 0.15) is 57.4 Å². The molecule has 7 heteroatoms. The van der Waals surface area contributed by atoms with Crippen molar-refractivity contribution in [3.63, 3.8) is 0 Å². The molecule has 0 atom stereocenters. The zero-order valence-corrected chi connectivity index (χ0v) is 19.2. The Balaban J connectivity index is 1.40. The van der Waals surface area contributed by atoms with E-state index in [1.165, 1.54) is 50.5 Å². The predicted octanol–water partition coefficient (Wildman–Crippen LogP) is 2.77. The van der Waals surface area contributed by atoms with Crippen LogP contribution in [0.3, 0.4) is 0 Å². The fourth-order valence-corrected chi connectivity index (χ4v) is 5.29. The molecule has 31 heavy (non-hydrogen) atoms. The number of rotatable bonds is 7. The molecule has 172 valence electrons. The van der Waals surface area contributed by atoms with Gasteiger partial charge in [0.25, 0.3) is 0 Å². The maximum atomic E-state index is 5.63. The first-order valence-corrected chi connectivity index (χ1v) is 12.3. The van der Waals surface area contributed by atoms with Crippen molar-refractivity contribution in [2.75, 3.05) is 57.4 Å². The van der Waals surface area contributed by atoms with Gasteiger partial charge >= 0.3 is 0 Å². The summed E-state index contributed by atoms with van der Waals surface area (Å²) < 4.78 is 5.63. The van der Waals surface area contributed by atoms with E-state index in [1.54, 1.807) is 0 Å². The number of nitrogens with zero attached hydrogens (tertiary/aromatic N) is 4. The van der Waals surface area contributed by atoms with Gasteiger partial charge in [-0.05, 0) is 50.3 Å². The molecule has 3 fully saturated rings. The Hall–Kier alpha value is -1.86. The molecule has 3 aliphatic rings. The number of guanidine groups is 1. The summed E-state index contributed by atoms with van der Waals surface area (Å²) in [4.78, 5) is 14.5. The Morgan fingerprint density at radius 3 is 2.58 bits per heavy atom. The fourth-order valence-electron chi connectivity index (χ4n) is 5.29. The van der Waals surface area contributed by atoms with Crippen molar-refractivity contribution < 1.29 is 4.74 Å². The van der Waals surface area contributed by atoms with Crippen LogP contribution >= 0.6 is 0 Å². The van der Waals surface area contributed by atoms with Gasteiger partial charge in [-0.3, -0.25) is 4.90 Å². The highest BCUT2D eigenvalue weighted by atomic mass is 16.5. The van der Waals surface area contributed by atoms with Crippen LogP contribution in [0.5, 0.6) is 0 Å². The highest BCUT2D eigenvalue weighted by Gasteiger charge is 2.38. The van der Waals surface area contributed by atoms with Gasteiger partial charge in [0.15, 0.2) is 5.96 Å². The number of ether oxygens (including phenoxy) is 1. The number of hydrogen-bond donors (Lipinski definition) is 2. The second kappa shape index (κ2) is 11.1. The summed E-state index contributed by atoms with van der Waals surface area (Å²) in [5.74, 6) is 2.01. The minimum absolute atomic E-state index is 0.234. The molecule has 2 saturated heterocycles. The first kappa shape index (κ1) is 22.3. The van der Waals surface area contributed by atoms with E-state index in [0.717, 1.165) is 64.3 Å². The van der Waals surface area contributed by atoms with Gasteiger partial charge in [-0.15, -0.1) is 0 Å². The maximum absolute atomic E-state index is 5.63. The highest BCUT2D eigenvalue weighted by molar-refractivity contribution is 5.79. The summed E-state index contributed by atoms with van der Waals surface area (Å²) in [7, 11) is 0. The van der Waals surface area contributed by atoms with Gasteiger partial charge in [0.1, 0.15) is 5.82 Å². The molecule has 1 aliphatic carbocycles. The molecule has 0 spiro atoms. The van der Waals surface area contributed by atoms with Crippen molar-refractivity contribution in [3.8, 4) is 0 Å². The Kier molecular flexibility index (Phi) is 8.03. The van der Waals surface area contributed by atoms with E-state index in [4.69, 9.17) is 9.73 Å². The number of hydrogen-bond acceptors (Lipinski definition) is 5. The molecule has 2 N–H and O–H groups in total. The van der Waals surface area contributed by atoms with Gasteiger partial charge in [-0.1, -0.05) is 19.3 Å². The SMILES string of the molecule is CCNC(=NCc1ccnc(N2CCCC2)c1)NCC1(N2CCOCC2)CCCCC1. The molecule has 0 bridgehead atoms. The van der Waals surface area contributed by atoms with Crippen LogP contribution in [0.25, 0.3) is 0 Å². The standard InChI is InChI=1S/C24H40N6O/c1-2-25-23(27-19-21-8-11-26-22(18-21)29-12-6-7-13-29)28-20-24(9-4-3-5-10-24)30-14-16-31-17-15-30/h8,11,18H,2-7,9-10,12-17,19-20H2,1H3,(H2,25,27,28). The highest BCUT2D eigenvalue weighted by Crippen LogP contribution is 2.33. The second-order valence-electron chi connectivity index (χ2n) is 9.15. The number of nitrogens with one attached hydrogen (secondary N) is 2. The van der Waals surface area contributed by atoms with Crippen molar-refractivity contribution >= 4 is 11.8 Å². The topological polar surface area (TPSA) is 65.0 Å². The van der Waals surface area contributed by atoms with E-state index < -0.39 is 0 Å². The lowest BCUT2D eigenvalue weighted by molar-refractivity contribution is -0.0352. The number of anilines is 1. The molecule has 3 heterocycles. The van der Waals surface area contributed by atoms with Crippen molar-refractivity contribution in [1.29, 1.82) is 0 Å². The van der Waals surface area contributed by atoms with E-state index in [1.807, 2.05) is 6.20 Å². The first-order chi connectivity index (χ1) is 15.3. The van der Waals surface area contributed by atoms with Crippen LogP contribution in [0.4, 0.5) is 5.82 Å². The largest absolute Gasteiger partial charge is 0.379 e. The van der Waals surface area contributed by atoms with Gasteiger partial charge < -0.3 is 20.3 Å². The molecule has 0 radical (unpaired) electrons. The van der Waals surface area contributed by atoms with Gasteiger partial charge in [-0.2, -0.15) is 0 Å². The van der Waals surface area contributed by atoms with Crippen LogP contribution in [0, 0.1) is 0 Å². The lowest BCUT2D eigenvalue weighted by atomic mass is 9.80. The molecule has 4 rings (SSSR count). The summed E-state index contributed by atoms with van der Waals surface area (Å²) in [6.45, 7) is 10.7. The molecule has 2 aliphatic heterocycles. The van der Waals surface area contributed by atoms with Crippen molar-refractivity contribution in [3.05, 3.63) is 23.9 Å². The van der Waals surface area contributed by atoms with E-state index in [0.29, 0.717) is 6.54 Å². The minimum Gasteiger partial charge on any atom is -0.379 e. The average Bonchev–Trinajstić information content (AvgIpc) is 3.37. The van der Waals surface area contributed by atoms with E-state index in [-0.39, 0.29) is 5.54 Å². The van der Waals surface area contributed by atoms with Crippen molar-refractivity contribution in [1.82, 2.24) is 20.5 Å². The van der Waals surface area contributed by atoms with Crippen molar-refractivity contribution in [2.24, 2.45) is 4.99 Å². The van der Waals surface area contributed by atoms with E-state index in [9.17, 15) is 0 Å². The molecular weight excluding hydrogens is 388 g/mol. The number of pyridine rings is 1. The lowest BCUT2D eigenvalue weighted by Crippen LogP contribution is -2.60. The van der Waals surface area contributed by atoms with Crippen molar-refractivity contribution in [2.45, 2.75) is 64.0 Å². The summed E-state index contributed by atoms with van der Waals surface area (Å²) >= 11 is 0. The Morgan fingerprint density at radius 2 is 1.84 bits per heavy atom. The maximum Gasteiger partial charge on any atom is 0.191 e. The smallest absolute Gasteiger partial charge is 0.191 e. The molecule has 1 saturated carbocycles. The third kappa shape index (κ3) is 5.89. The molecule has 0 aromatic carbocycles. The normalized spacial score (nSPS) is 22.5.